The van der Waals surface area contributed by atoms with Crippen molar-refractivity contribution in [2.24, 2.45) is 11.1 Å². The summed E-state index contributed by atoms with van der Waals surface area (Å²) >= 11 is 1.15. The minimum Gasteiger partial charge on any atom is -0.480 e. The van der Waals surface area contributed by atoms with Crippen molar-refractivity contribution >= 4 is 35.0 Å². The molecule has 1 heterocycles. The fourth-order valence-electron chi connectivity index (χ4n) is 3.14. The number of hydrogen-bond acceptors (Lipinski definition) is 6. The van der Waals surface area contributed by atoms with Crippen molar-refractivity contribution in [1.29, 1.82) is 5.41 Å². The Hall–Kier alpha value is -3.27. The zero-order valence-electron chi connectivity index (χ0n) is 18.1. The second-order valence-electron chi connectivity index (χ2n) is 7.89. The third-order valence-corrected chi connectivity index (χ3v) is 5.67. The van der Waals surface area contributed by atoms with Crippen LogP contribution >= 0.6 is 11.3 Å². The van der Waals surface area contributed by atoms with E-state index < -0.39 is 29.0 Å². The van der Waals surface area contributed by atoms with E-state index in [4.69, 9.17) is 21.0 Å². The second kappa shape index (κ2) is 10.4. The maximum absolute atomic E-state index is 13.9. The molecule has 0 bridgehead atoms. The molecule has 172 valence electrons. The van der Waals surface area contributed by atoms with E-state index in [2.05, 4.69) is 0 Å². The standard InChI is InChI=1S/C22H26FN3O5S/c1-4-9-26(12-18(27)28)21(30)22(2,3)11-14-6-8-17(32-14)20(29)31-13-5-7-15(19(24)25)16(23)10-13/h5-8,10H,4,9,11-12H2,1-3H3,(H3,24,25)(H,27,28). The van der Waals surface area contributed by atoms with Gasteiger partial charge in [0.25, 0.3) is 0 Å². The maximum Gasteiger partial charge on any atom is 0.353 e. The van der Waals surface area contributed by atoms with Crippen molar-refractivity contribution in [3.8, 4) is 5.75 Å². The number of nitrogen functional groups attached to an aromatic ring is 1. The van der Waals surface area contributed by atoms with Crippen LogP contribution in [0.1, 0.15) is 47.3 Å². The Labute approximate surface area is 189 Å². The van der Waals surface area contributed by atoms with Crippen molar-refractivity contribution in [3.05, 3.63) is 51.5 Å². The Morgan fingerprint density at radius 2 is 1.94 bits per heavy atom. The van der Waals surface area contributed by atoms with Crippen molar-refractivity contribution in [2.45, 2.75) is 33.6 Å². The summed E-state index contributed by atoms with van der Waals surface area (Å²) in [4.78, 5) is 38.8. The van der Waals surface area contributed by atoms with Crippen LogP contribution in [0.15, 0.2) is 30.3 Å². The maximum atomic E-state index is 13.9. The number of nitrogens with two attached hydrogens (primary N) is 1. The van der Waals surface area contributed by atoms with Gasteiger partial charge >= 0.3 is 11.9 Å². The lowest BCUT2D eigenvalue weighted by Crippen LogP contribution is -2.44. The van der Waals surface area contributed by atoms with Crippen molar-refractivity contribution in [1.82, 2.24) is 4.90 Å². The molecule has 1 amide bonds. The third-order valence-electron chi connectivity index (χ3n) is 4.61. The number of thiophene rings is 1. The number of nitrogens with zero attached hydrogens (tertiary/aromatic N) is 1. The Morgan fingerprint density at radius 1 is 1.25 bits per heavy atom. The van der Waals surface area contributed by atoms with Gasteiger partial charge in [-0.3, -0.25) is 15.0 Å². The average Bonchev–Trinajstić information content (AvgIpc) is 3.14. The number of ether oxygens (including phenoxy) is 1. The molecule has 0 saturated carbocycles. The third kappa shape index (κ3) is 6.36. The zero-order chi connectivity index (χ0) is 24.1. The summed E-state index contributed by atoms with van der Waals surface area (Å²) in [6.45, 7) is 5.31. The number of benzene rings is 1. The van der Waals surface area contributed by atoms with Gasteiger partial charge in [-0.15, -0.1) is 11.3 Å². The van der Waals surface area contributed by atoms with E-state index in [0.717, 1.165) is 22.3 Å². The summed E-state index contributed by atoms with van der Waals surface area (Å²) in [5.74, 6) is -3.25. The number of carbonyl (C=O) groups excluding carboxylic acids is 2. The van der Waals surface area contributed by atoms with Crippen molar-refractivity contribution in [2.75, 3.05) is 13.1 Å². The molecule has 0 fully saturated rings. The number of nitrogens with one attached hydrogen (secondary N) is 1. The molecule has 0 radical (unpaired) electrons. The summed E-state index contributed by atoms with van der Waals surface area (Å²) in [7, 11) is 0. The predicted molar refractivity (Wildman–Crippen MR) is 119 cm³/mol. The first-order valence-corrected chi connectivity index (χ1v) is 10.7. The fourth-order valence-corrected chi connectivity index (χ4v) is 4.26. The van der Waals surface area contributed by atoms with E-state index in [-0.39, 0.29) is 28.6 Å². The second-order valence-corrected chi connectivity index (χ2v) is 9.06. The minimum atomic E-state index is -1.07. The van der Waals surface area contributed by atoms with Crippen LogP contribution in [0.2, 0.25) is 0 Å². The van der Waals surface area contributed by atoms with Crippen LogP contribution in [0, 0.1) is 16.6 Å². The molecule has 0 saturated heterocycles. The molecule has 0 spiro atoms. The quantitative estimate of drug-likeness (QED) is 0.214. The average molecular weight is 464 g/mol. The van der Waals surface area contributed by atoms with E-state index >= 15 is 0 Å². The number of carboxylic acids is 1. The largest absolute Gasteiger partial charge is 0.480 e. The number of hydrogen-bond donors (Lipinski definition) is 3. The first kappa shape index (κ1) is 25.0. The van der Waals surface area contributed by atoms with E-state index in [1.807, 2.05) is 6.92 Å². The van der Waals surface area contributed by atoms with Gasteiger partial charge in [0.2, 0.25) is 5.91 Å². The Morgan fingerprint density at radius 3 is 2.50 bits per heavy atom. The van der Waals surface area contributed by atoms with Gasteiger partial charge in [-0.1, -0.05) is 20.8 Å². The Bertz CT molecular complexity index is 1030. The number of carbonyl (C=O) groups is 3. The van der Waals surface area contributed by atoms with Crippen LogP contribution in [0.25, 0.3) is 0 Å². The molecule has 0 aliphatic rings. The van der Waals surface area contributed by atoms with Crippen LogP contribution in [0.3, 0.4) is 0 Å². The predicted octanol–water partition coefficient (Wildman–Crippen LogP) is 3.28. The van der Waals surface area contributed by atoms with E-state index in [1.54, 1.807) is 26.0 Å². The molecule has 0 aliphatic heterocycles. The highest BCUT2D eigenvalue weighted by molar-refractivity contribution is 7.14. The molecule has 1 aromatic heterocycles. The lowest BCUT2D eigenvalue weighted by atomic mass is 9.86. The fraction of sp³-hybridized carbons (Fsp3) is 0.364. The molecule has 4 N–H and O–H groups in total. The molecule has 8 nitrogen and oxygen atoms in total. The molecule has 0 atom stereocenters. The van der Waals surface area contributed by atoms with Crippen molar-refractivity contribution < 1.29 is 28.6 Å². The molecule has 0 aliphatic carbocycles. The smallest absolute Gasteiger partial charge is 0.353 e. The van der Waals surface area contributed by atoms with Crippen molar-refractivity contribution in [3.63, 3.8) is 0 Å². The summed E-state index contributed by atoms with van der Waals surface area (Å²) < 4.78 is 19.1. The number of carboxylic acid groups (broad SMARTS) is 1. The first-order chi connectivity index (χ1) is 14.9. The minimum absolute atomic E-state index is 0.0214. The molecular formula is C22H26FN3O5S. The summed E-state index contributed by atoms with van der Waals surface area (Å²) in [5, 5.41) is 16.4. The van der Waals surface area contributed by atoms with Crippen LogP contribution in [0.4, 0.5) is 4.39 Å². The Kier molecular flexibility index (Phi) is 8.09. The van der Waals surface area contributed by atoms with Gasteiger partial charge in [0, 0.05) is 22.9 Å². The number of halogens is 1. The highest BCUT2D eigenvalue weighted by atomic mass is 32.1. The summed E-state index contributed by atoms with van der Waals surface area (Å²) in [5.41, 5.74) is 4.31. The highest BCUT2D eigenvalue weighted by Gasteiger charge is 2.33. The number of aliphatic carboxylic acids is 1. The number of rotatable bonds is 10. The molecule has 32 heavy (non-hydrogen) atoms. The topological polar surface area (TPSA) is 134 Å². The molecule has 2 aromatic rings. The molecule has 1 aromatic carbocycles. The first-order valence-electron chi connectivity index (χ1n) is 9.90. The Balaban J connectivity index is 2.10. The summed E-state index contributed by atoms with van der Waals surface area (Å²) in [6, 6.07) is 6.85. The van der Waals surface area contributed by atoms with E-state index in [0.29, 0.717) is 19.4 Å². The van der Waals surface area contributed by atoms with Crippen LogP contribution in [-0.2, 0) is 16.0 Å². The van der Waals surface area contributed by atoms with Crippen LogP contribution < -0.4 is 10.5 Å². The summed E-state index contributed by atoms with van der Waals surface area (Å²) in [6.07, 6.45) is 0.948. The molecule has 0 unspecified atom stereocenters. The monoisotopic (exact) mass is 463 g/mol. The number of amides is 1. The lowest BCUT2D eigenvalue weighted by Gasteiger charge is -2.30. The molecular weight excluding hydrogens is 437 g/mol. The zero-order valence-corrected chi connectivity index (χ0v) is 18.9. The van der Waals surface area contributed by atoms with Crippen LogP contribution in [-0.4, -0.2) is 46.8 Å². The van der Waals surface area contributed by atoms with E-state index in [1.165, 1.54) is 17.0 Å². The highest BCUT2D eigenvalue weighted by Crippen LogP contribution is 2.29. The van der Waals surface area contributed by atoms with Gasteiger partial charge in [-0.05, 0) is 37.1 Å². The molecule has 2 rings (SSSR count). The number of amidine groups is 1. The van der Waals surface area contributed by atoms with Gasteiger partial charge in [-0.2, -0.15) is 0 Å². The van der Waals surface area contributed by atoms with Crippen LogP contribution in [0.5, 0.6) is 5.75 Å². The SMILES string of the molecule is CCCN(CC(=O)O)C(=O)C(C)(C)Cc1ccc(C(=O)Oc2ccc(C(=N)N)c(F)c2)s1. The van der Waals surface area contributed by atoms with E-state index in [9.17, 15) is 18.8 Å². The lowest BCUT2D eigenvalue weighted by molar-refractivity contribution is -0.148. The normalized spacial score (nSPS) is 11.1. The van der Waals surface area contributed by atoms with Gasteiger partial charge in [-0.25, -0.2) is 9.18 Å². The molecule has 10 heteroatoms. The number of esters is 1. The van der Waals surface area contributed by atoms with Gasteiger partial charge < -0.3 is 20.5 Å². The van der Waals surface area contributed by atoms with Gasteiger partial charge in [0.05, 0.1) is 5.56 Å². The van der Waals surface area contributed by atoms with Gasteiger partial charge in [0.1, 0.15) is 28.8 Å². The van der Waals surface area contributed by atoms with Gasteiger partial charge in [0.15, 0.2) is 0 Å².